The maximum absolute atomic E-state index is 12.6. The fraction of sp³-hybridized carbons (Fsp3) is 0.375. The minimum atomic E-state index is -4.47. The summed E-state index contributed by atoms with van der Waals surface area (Å²) in [6.07, 6.45) is -5.37. The first-order chi connectivity index (χ1) is 12.7. The van der Waals surface area contributed by atoms with E-state index in [1.54, 1.807) is 18.2 Å². The Hall–Kier alpha value is -1.55. The lowest BCUT2D eigenvalue weighted by Gasteiger charge is -2.16. The monoisotopic (exact) mass is 440 g/mol. The number of hydrogen-bond donors (Lipinski definition) is 3. The number of aliphatic hydroxyl groups excluding tert-OH is 1. The van der Waals surface area contributed by atoms with Crippen molar-refractivity contribution in [3.05, 3.63) is 49.9 Å². The lowest BCUT2D eigenvalue weighted by Crippen LogP contribution is -2.39. The highest BCUT2D eigenvalue weighted by atomic mass is 35.5. The van der Waals surface area contributed by atoms with Gasteiger partial charge in [-0.2, -0.15) is 13.2 Å². The molecule has 148 valence electrons. The van der Waals surface area contributed by atoms with Gasteiger partial charge in [-0.25, -0.2) is 9.98 Å². The summed E-state index contributed by atoms with van der Waals surface area (Å²) in [6, 6.07) is 4.75. The molecule has 11 heteroatoms. The van der Waals surface area contributed by atoms with E-state index in [4.69, 9.17) is 23.2 Å². The number of alkyl halides is 3. The first-order valence-electron chi connectivity index (χ1n) is 7.87. The summed E-state index contributed by atoms with van der Waals surface area (Å²) < 4.78 is 37.8. The Balaban J connectivity index is 1.99. The summed E-state index contributed by atoms with van der Waals surface area (Å²) in [5.74, 6) is 0.341. The van der Waals surface area contributed by atoms with Crippen LogP contribution in [-0.2, 0) is 12.7 Å². The summed E-state index contributed by atoms with van der Waals surface area (Å²) in [7, 11) is 0. The summed E-state index contributed by atoms with van der Waals surface area (Å²) in [5, 5.41) is 18.1. The lowest BCUT2D eigenvalue weighted by molar-refractivity contribution is -0.140. The molecule has 0 fully saturated rings. The van der Waals surface area contributed by atoms with Crippen LogP contribution in [0.15, 0.2) is 28.6 Å². The average Bonchev–Trinajstić information content (AvgIpc) is 3.05. The highest BCUT2D eigenvalue weighted by molar-refractivity contribution is 7.09. The van der Waals surface area contributed by atoms with Crippen LogP contribution >= 0.6 is 34.5 Å². The van der Waals surface area contributed by atoms with Gasteiger partial charge in [-0.05, 0) is 30.7 Å². The molecular formula is C16H17Cl2F3N4OS. The molecule has 1 atom stereocenters. The van der Waals surface area contributed by atoms with Crippen molar-refractivity contribution in [2.24, 2.45) is 4.99 Å². The number of rotatable bonds is 6. The molecule has 2 aromatic rings. The van der Waals surface area contributed by atoms with Gasteiger partial charge in [-0.1, -0.05) is 23.2 Å². The van der Waals surface area contributed by atoms with Gasteiger partial charge in [0.25, 0.3) is 0 Å². The Morgan fingerprint density at radius 1 is 1.26 bits per heavy atom. The normalized spacial score (nSPS) is 13.5. The number of nitrogens with zero attached hydrogens (tertiary/aromatic N) is 2. The van der Waals surface area contributed by atoms with Gasteiger partial charge in [-0.15, -0.1) is 11.3 Å². The SMILES string of the molecule is CCNC(=NCc1nc(C(F)(F)F)cs1)NCC(O)c1cc(Cl)cc(Cl)c1. The zero-order valence-electron chi connectivity index (χ0n) is 14.1. The molecule has 2 rings (SSSR count). The van der Waals surface area contributed by atoms with Crippen LogP contribution < -0.4 is 10.6 Å². The second-order valence-electron chi connectivity index (χ2n) is 5.42. The summed E-state index contributed by atoms with van der Waals surface area (Å²) >= 11 is 12.7. The molecule has 27 heavy (non-hydrogen) atoms. The molecule has 1 aromatic carbocycles. The molecule has 3 N–H and O–H groups in total. The van der Waals surface area contributed by atoms with Crippen molar-refractivity contribution in [1.29, 1.82) is 0 Å². The minimum Gasteiger partial charge on any atom is -0.387 e. The lowest BCUT2D eigenvalue weighted by atomic mass is 10.1. The second kappa shape index (κ2) is 9.59. The maximum atomic E-state index is 12.6. The first kappa shape index (κ1) is 21.7. The van der Waals surface area contributed by atoms with E-state index in [-0.39, 0.29) is 18.1 Å². The van der Waals surface area contributed by atoms with E-state index in [9.17, 15) is 18.3 Å². The molecule has 1 unspecified atom stereocenters. The second-order valence-corrected chi connectivity index (χ2v) is 7.23. The number of benzene rings is 1. The number of nitrogens with one attached hydrogen (secondary N) is 2. The number of aromatic nitrogens is 1. The van der Waals surface area contributed by atoms with Crippen molar-refractivity contribution in [2.45, 2.75) is 25.7 Å². The minimum absolute atomic E-state index is 0.0187. The molecule has 0 amide bonds. The third-order valence-electron chi connectivity index (χ3n) is 3.29. The standard InChI is InChI=1S/C16H17Cl2F3N4OS/c1-2-22-15(24-7-14-25-13(8-27-14)16(19,20)21)23-6-12(26)9-3-10(17)5-11(18)4-9/h3-5,8,12,26H,2,6-7H2,1H3,(H2,22,23,24). The van der Waals surface area contributed by atoms with Crippen molar-refractivity contribution in [3.63, 3.8) is 0 Å². The molecule has 0 aliphatic carbocycles. The van der Waals surface area contributed by atoms with Gasteiger partial charge in [-0.3, -0.25) is 0 Å². The van der Waals surface area contributed by atoms with Crippen molar-refractivity contribution in [1.82, 2.24) is 15.6 Å². The molecule has 0 saturated heterocycles. The smallest absolute Gasteiger partial charge is 0.387 e. The molecule has 0 saturated carbocycles. The van der Waals surface area contributed by atoms with Crippen molar-refractivity contribution >= 4 is 40.5 Å². The van der Waals surface area contributed by atoms with E-state index in [1.807, 2.05) is 6.92 Å². The highest BCUT2D eigenvalue weighted by Gasteiger charge is 2.33. The molecule has 0 bridgehead atoms. The largest absolute Gasteiger partial charge is 0.434 e. The number of hydrogen-bond acceptors (Lipinski definition) is 4. The van der Waals surface area contributed by atoms with Crippen LogP contribution in [0.25, 0.3) is 0 Å². The van der Waals surface area contributed by atoms with Crippen LogP contribution in [0.4, 0.5) is 13.2 Å². The number of aliphatic hydroxyl groups is 1. The first-order valence-corrected chi connectivity index (χ1v) is 9.50. The Kier molecular flexibility index (Phi) is 7.72. The van der Waals surface area contributed by atoms with E-state index in [0.717, 1.165) is 16.7 Å². The van der Waals surface area contributed by atoms with Gasteiger partial charge >= 0.3 is 6.18 Å². The number of guanidine groups is 1. The van der Waals surface area contributed by atoms with Crippen LogP contribution in [0.3, 0.4) is 0 Å². The van der Waals surface area contributed by atoms with Crippen LogP contribution in [0.2, 0.25) is 10.0 Å². The van der Waals surface area contributed by atoms with Gasteiger partial charge in [0.15, 0.2) is 11.7 Å². The molecule has 0 spiro atoms. The third kappa shape index (κ3) is 6.84. The molecule has 0 aliphatic rings. The zero-order chi connectivity index (χ0) is 20.0. The third-order valence-corrected chi connectivity index (χ3v) is 4.56. The topological polar surface area (TPSA) is 69.5 Å². The fourth-order valence-electron chi connectivity index (χ4n) is 2.08. The summed E-state index contributed by atoms with van der Waals surface area (Å²) in [4.78, 5) is 7.72. The highest BCUT2D eigenvalue weighted by Crippen LogP contribution is 2.30. The van der Waals surface area contributed by atoms with E-state index >= 15 is 0 Å². The number of aliphatic imine (C=N–C) groups is 1. The van der Waals surface area contributed by atoms with Crippen molar-refractivity contribution in [3.8, 4) is 0 Å². The molecule has 0 radical (unpaired) electrons. The van der Waals surface area contributed by atoms with Crippen molar-refractivity contribution < 1.29 is 18.3 Å². The van der Waals surface area contributed by atoms with Gasteiger partial charge in [0.05, 0.1) is 12.6 Å². The van der Waals surface area contributed by atoms with Gasteiger partial charge < -0.3 is 15.7 Å². The van der Waals surface area contributed by atoms with Crippen LogP contribution in [0.5, 0.6) is 0 Å². The van der Waals surface area contributed by atoms with E-state index < -0.39 is 18.0 Å². The zero-order valence-corrected chi connectivity index (χ0v) is 16.5. The fourth-order valence-corrected chi connectivity index (χ4v) is 3.35. The quantitative estimate of drug-likeness (QED) is 0.463. The maximum Gasteiger partial charge on any atom is 0.434 e. The Morgan fingerprint density at radius 2 is 1.93 bits per heavy atom. The number of thiazole rings is 1. The summed E-state index contributed by atoms with van der Waals surface area (Å²) in [5.41, 5.74) is -0.394. The van der Waals surface area contributed by atoms with Crippen LogP contribution in [-0.4, -0.2) is 29.1 Å². The van der Waals surface area contributed by atoms with E-state index in [0.29, 0.717) is 28.1 Å². The van der Waals surface area contributed by atoms with Crippen molar-refractivity contribution in [2.75, 3.05) is 13.1 Å². The Bertz CT molecular complexity index is 778. The molecule has 1 heterocycles. The van der Waals surface area contributed by atoms with Gasteiger partial charge in [0.1, 0.15) is 5.01 Å². The Morgan fingerprint density at radius 3 is 2.48 bits per heavy atom. The molecular weight excluding hydrogens is 424 g/mol. The molecule has 5 nitrogen and oxygen atoms in total. The predicted molar refractivity (Wildman–Crippen MR) is 101 cm³/mol. The molecule has 0 aliphatic heterocycles. The van der Waals surface area contributed by atoms with E-state index in [1.165, 1.54) is 0 Å². The summed E-state index contributed by atoms with van der Waals surface area (Å²) in [6.45, 7) is 2.47. The van der Waals surface area contributed by atoms with Gasteiger partial charge in [0, 0.05) is 28.5 Å². The van der Waals surface area contributed by atoms with E-state index in [2.05, 4.69) is 20.6 Å². The Labute approximate surface area is 168 Å². The molecule has 1 aromatic heterocycles. The predicted octanol–water partition coefficient (Wildman–Crippen LogP) is 4.26. The van der Waals surface area contributed by atoms with Gasteiger partial charge in [0.2, 0.25) is 0 Å². The average molecular weight is 441 g/mol. The van der Waals surface area contributed by atoms with Crippen LogP contribution in [0, 0.1) is 0 Å². The van der Waals surface area contributed by atoms with Crippen LogP contribution in [0.1, 0.15) is 29.3 Å². The number of halogens is 5.